The molecule has 4 aromatic carbocycles. The molecular weight excluding hydrogens is 538 g/mol. The van der Waals surface area contributed by atoms with Crippen molar-refractivity contribution in [3.63, 3.8) is 0 Å². The maximum Gasteiger partial charge on any atom is 0.343 e. The molecule has 0 fully saturated rings. The third kappa shape index (κ3) is 7.26. The van der Waals surface area contributed by atoms with Crippen molar-refractivity contribution in [3.05, 3.63) is 132 Å². The molecule has 0 aliphatic heterocycles. The van der Waals surface area contributed by atoms with Gasteiger partial charge in [0.1, 0.15) is 29.3 Å². The lowest BCUT2D eigenvalue weighted by atomic mass is 9.96. The van der Waals surface area contributed by atoms with Gasteiger partial charge >= 0.3 is 5.97 Å². The van der Waals surface area contributed by atoms with Crippen LogP contribution in [-0.4, -0.2) is 22.5 Å². The molecule has 0 saturated carbocycles. The van der Waals surface area contributed by atoms with Crippen LogP contribution in [0.1, 0.15) is 47.1 Å². The van der Waals surface area contributed by atoms with Crippen molar-refractivity contribution in [2.45, 2.75) is 33.0 Å². The highest BCUT2D eigenvalue weighted by Gasteiger charge is 2.28. The quantitative estimate of drug-likeness (QED) is 0.146. The van der Waals surface area contributed by atoms with E-state index in [-0.39, 0.29) is 11.4 Å². The number of hydrogen-bond donors (Lipinski definition) is 2. The van der Waals surface area contributed by atoms with Gasteiger partial charge < -0.3 is 20.5 Å². The maximum atomic E-state index is 13.8. The van der Waals surface area contributed by atoms with Crippen molar-refractivity contribution in [2.24, 2.45) is 0 Å². The normalized spacial score (nSPS) is 11.0. The summed E-state index contributed by atoms with van der Waals surface area (Å²) in [5, 5.41) is 2.88. The summed E-state index contributed by atoms with van der Waals surface area (Å²) in [5.74, 6) is -0.373. The molecule has 0 radical (unpaired) electrons. The van der Waals surface area contributed by atoms with Gasteiger partial charge in [-0.15, -0.1) is 0 Å². The molecule has 5 rings (SSSR count). The number of ether oxygens (including phenoxy) is 2. The van der Waals surface area contributed by atoms with Gasteiger partial charge in [-0.2, -0.15) is 0 Å². The number of benzene rings is 4. The summed E-state index contributed by atoms with van der Waals surface area (Å²) >= 11 is 0. The fourth-order valence-electron chi connectivity index (χ4n) is 4.55. The molecule has 0 aliphatic rings. The third-order valence-corrected chi connectivity index (χ3v) is 6.49. The van der Waals surface area contributed by atoms with Crippen LogP contribution in [0.2, 0.25) is 0 Å². The highest BCUT2D eigenvalue weighted by Crippen LogP contribution is 2.38. The Morgan fingerprint density at radius 3 is 2.16 bits per heavy atom. The Kier molecular flexibility index (Phi) is 8.53. The van der Waals surface area contributed by atoms with E-state index in [2.05, 4.69) is 5.32 Å². The first kappa shape index (κ1) is 29.1. The van der Waals surface area contributed by atoms with Gasteiger partial charge in [0.15, 0.2) is 0 Å². The smallest absolute Gasteiger partial charge is 0.343 e. The van der Waals surface area contributed by atoms with E-state index in [1.54, 1.807) is 63.2 Å². The van der Waals surface area contributed by atoms with Gasteiger partial charge in [-0.05, 0) is 74.4 Å². The van der Waals surface area contributed by atoms with E-state index in [1.807, 2.05) is 72.8 Å². The first-order chi connectivity index (χ1) is 20.7. The first-order valence-electron chi connectivity index (χ1n) is 13.9. The lowest BCUT2D eigenvalue weighted by Gasteiger charge is -2.23. The van der Waals surface area contributed by atoms with Gasteiger partial charge in [-0.1, -0.05) is 72.8 Å². The Labute approximate surface area is 251 Å². The molecule has 0 saturated heterocycles. The number of amides is 1. The molecule has 1 heterocycles. The summed E-state index contributed by atoms with van der Waals surface area (Å²) < 4.78 is 12.1. The van der Waals surface area contributed by atoms with Crippen molar-refractivity contribution < 1.29 is 19.1 Å². The number of anilines is 2. The van der Waals surface area contributed by atoms with Gasteiger partial charge in [0.2, 0.25) is 0 Å². The molecule has 0 unspecified atom stereocenters. The molecule has 43 heavy (non-hydrogen) atoms. The van der Waals surface area contributed by atoms with Crippen LogP contribution in [0.25, 0.3) is 22.4 Å². The van der Waals surface area contributed by atoms with E-state index in [0.29, 0.717) is 46.0 Å². The minimum atomic E-state index is -0.790. The highest BCUT2D eigenvalue weighted by molar-refractivity contribution is 6.10. The van der Waals surface area contributed by atoms with E-state index < -0.39 is 17.5 Å². The van der Waals surface area contributed by atoms with E-state index in [4.69, 9.17) is 20.2 Å². The van der Waals surface area contributed by atoms with Crippen LogP contribution in [0.3, 0.4) is 0 Å². The molecule has 1 aromatic heterocycles. The van der Waals surface area contributed by atoms with Crippen LogP contribution in [0.4, 0.5) is 11.5 Å². The maximum absolute atomic E-state index is 13.8. The molecule has 7 nitrogen and oxygen atoms in total. The van der Waals surface area contributed by atoms with E-state index in [1.165, 1.54) is 0 Å². The molecule has 3 N–H and O–H groups in total. The van der Waals surface area contributed by atoms with Crippen LogP contribution in [0.5, 0.6) is 5.75 Å². The van der Waals surface area contributed by atoms with Crippen LogP contribution in [0.15, 0.2) is 115 Å². The zero-order chi connectivity index (χ0) is 30.4. The average Bonchev–Trinajstić information content (AvgIpc) is 3.00. The standard InChI is InChI=1S/C36H33N3O4/c1-36(2,3)43-35(41)32-29(26-17-12-18-27(37)21-26)22-30(38-33(32)39-34(40)25-15-8-5-9-16-25)28-19-10-11-20-31(28)42-23-24-13-6-4-7-14-24/h4-22H,23,37H2,1-3H3,(H,38,39,40). The van der Waals surface area contributed by atoms with Crippen LogP contribution in [-0.2, 0) is 11.3 Å². The van der Waals surface area contributed by atoms with Crippen molar-refractivity contribution >= 4 is 23.4 Å². The average molecular weight is 572 g/mol. The Morgan fingerprint density at radius 1 is 0.791 bits per heavy atom. The molecular formula is C36H33N3O4. The van der Waals surface area contributed by atoms with Gasteiger partial charge in [0.25, 0.3) is 5.91 Å². The number of aromatic nitrogens is 1. The highest BCUT2D eigenvalue weighted by atomic mass is 16.6. The van der Waals surface area contributed by atoms with Gasteiger partial charge in [0.05, 0.1) is 5.69 Å². The van der Waals surface area contributed by atoms with Crippen LogP contribution < -0.4 is 15.8 Å². The van der Waals surface area contributed by atoms with Gasteiger partial charge in [0, 0.05) is 22.4 Å². The SMILES string of the molecule is CC(C)(C)OC(=O)c1c(-c2cccc(N)c2)cc(-c2ccccc2OCc2ccccc2)nc1NC(=O)c1ccccc1. The molecule has 0 spiro atoms. The molecule has 0 aliphatic carbocycles. The van der Waals surface area contributed by atoms with Crippen molar-refractivity contribution in [1.82, 2.24) is 4.98 Å². The fourth-order valence-corrected chi connectivity index (χ4v) is 4.55. The summed E-state index contributed by atoms with van der Waals surface area (Å²) in [5.41, 5.74) is 9.81. The fraction of sp³-hybridized carbons (Fsp3) is 0.139. The van der Waals surface area contributed by atoms with Crippen LogP contribution >= 0.6 is 0 Å². The summed E-state index contributed by atoms with van der Waals surface area (Å²) in [7, 11) is 0. The number of carbonyl (C=O) groups is 2. The summed E-state index contributed by atoms with van der Waals surface area (Å²) in [6.45, 7) is 5.72. The van der Waals surface area contributed by atoms with E-state index >= 15 is 0 Å². The van der Waals surface area contributed by atoms with Crippen molar-refractivity contribution in [2.75, 3.05) is 11.1 Å². The Balaban J connectivity index is 1.69. The number of nitrogens with two attached hydrogens (primary N) is 1. The number of nitrogen functional groups attached to an aromatic ring is 1. The Morgan fingerprint density at radius 2 is 1.47 bits per heavy atom. The number of rotatable bonds is 8. The second kappa shape index (κ2) is 12.6. The second-order valence-electron chi connectivity index (χ2n) is 11.0. The monoisotopic (exact) mass is 571 g/mol. The molecule has 1 amide bonds. The van der Waals surface area contributed by atoms with Gasteiger partial charge in [-0.25, -0.2) is 9.78 Å². The first-order valence-corrected chi connectivity index (χ1v) is 13.9. The summed E-state index contributed by atoms with van der Waals surface area (Å²) in [6.07, 6.45) is 0. The zero-order valence-corrected chi connectivity index (χ0v) is 24.3. The molecule has 7 heteroatoms. The Bertz CT molecular complexity index is 1750. The predicted molar refractivity (Wildman–Crippen MR) is 170 cm³/mol. The number of nitrogens with zero attached hydrogens (tertiary/aromatic N) is 1. The topological polar surface area (TPSA) is 104 Å². The summed E-state index contributed by atoms with van der Waals surface area (Å²) in [4.78, 5) is 32.0. The van der Waals surface area contributed by atoms with Crippen molar-refractivity contribution in [1.29, 1.82) is 0 Å². The van der Waals surface area contributed by atoms with Crippen molar-refractivity contribution in [3.8, 4) is 28.1 Å². The number of para-hydroxylation sites is 1. The number of hydrogen-bond acceptors (Lipinski definition) is 6. The zero-order valence-electron chi connectivity index (χ0n) is 24.3. The van der Waals surface area contributed by atoms with Gasteiger partial charge in [-0.3, -0.25) is 4.79 Å². The largest absolute Gasteiger partial charge is 0.488 e. The number of pyridine rings is 1. The molecule has 216 valence electrons. The van der Waals surface area contributed by atoms with Crippen LogP contribution in [0, 0.1) is 0 Å². The van der Waals surface area contributed by atoms with E-state index in [0.717, 1.165) is 5.56 Å². The molecule has 0 bridgehead atoms. The lowest BCUT2D eigenvalue weighted by Crippen LogP contribution is -2.26. The summed E-state index contributed by atoms with van der Waals surface area (Å²) in [6, 6.07) is 35.1. The second-order valence-corrected chi connectivity index (χ2v) is 11.0. The lowest BCUT2D eigenvalue weighted by molar-refractivity contribution is 0.00713. The number of carbonyl (C=O) groups excluding carboxylic acids is 2. The minimum absolute atomic E-state index is 0.0656. The Hall–Kier alpha value is -5.43. The minimum Gasteiger partial charge on any atom is -0.488 e. The predicted octanol–water partition coefficient (Wildman–Crippen LogP) is 7.78. The van der Waals surface area contributed by atoms with E-state index in [9.17, 15) is 9.59 Å². The molecule has 5 aromatic rings. The number of nitrogens with one attached hydrogen (secondary N) is 1. The molecule has 0 atom stereocenters. The number of esters is 1. The third-order valence-electron chi connectivity index (χ3n) is 6.49.